The van der Waals surface area contributed by atoms with E-state index in [1.807, 2.05) is 37.3 Å². The highest BCUT2D eigenvalue weighted by Gasteiger charge is 2.12. The van der Waals surface area contributed by atoms with Crippen molar-refractivity contribution in [2.75, 3.05) is 5.32 Å². The molecule has 0 unspecified atom stereocenters. The third-order valence-electron chi connectivity index (χ3n) is 4.03. The second-order valence-corrected chi connectivity index (χ2v) is 5.86. The van der Waals surface area contributed by atoms with Gasteiger partial charge in [-0.2, -0.15) is 0 Å². The molecule has 0 atom stereocenters. The lowest BCUT2D eigenvalue weighted by molar-refractivity contribution is 0.509. The van der Waals surface area contributed by atoms with Crippen molar-refractivity contribution in [3.63, 3.8) is 0 Å². The van der Waals surface area contributed by atoms with Gasteiger partial charge in [0.2, 0.25) is 0 Å². The van der Waals surface area contributed by atoms with Gasteiger partial charge in [-0.05, 0) is 42.8 Å². The number of para-hydroxylation sites is 1. The standard InChI is InChI=1S/C20H14F2N4/c1-12-4-2-6-15-18(12)25-19(13-5-3-9-23-11-13)26-20(15)24-14-7-8-16(21)17(22)10-14/h2-11H,1H3,(H,24,25,26). The summed E-state index contributed by atoms with van der Waals surface area (Å²) in [6.45, 7) is 1.96. The molecule has 6 heteroatoms. The third-order valence-corrected chi connectivity index (χ3v) is 4.03. The van der Waals surface area contributed by atoms with E-state index in [-0.39, 0.29) is 0 Å². The van der Waals surface area contributed by atoms with Gasteiger partial charge in [0.25, 0.3) is 0 Å². The van der Waals surface area contributed by atoms with Crippen LogP contribution in [-0.4, -0.2) is 15.0 Å². The van der Waals surface area contributed by atoms with Crippen LogP contribution in [0, 0.1) is 18.6 Å². The van der Waals surface area contributed by atoms with Crippen LogP contribution in [0.3, 0.4) is 0 Å². The molecule has 0 spiro atoms. The van der Waals surface area contributed by atoms with Gasteiger partial charge in [0, 0.05) is 35.1 Å². The Labute approximate surface area is 148 Å². The van der Waals surface area contributed by atoms with Crippen LogP contribution >= 0.6 is 0 Å². The Morgan fingerprint density at radius 3 is 2.58 bits per heavy atom. The van der Waals surface area contributed by atoms with Gasteiger partial charge in [-0.25, -0.2) is 18.7 Å². The van der Waals surface area contributed by atoms with Crippen LogP contribution < -0.4 is 5.32 Å². The first-order valence-corrected chi connectivity index (χ1v) is 8.01. The fourth-order valence-electron chi connectivity index (χ4n) is 2.73. The summed E-state index contributed by atoms with van der Waals surface area (Å²) in [6.07, 6.45) is 3.36. The van der Waals surface area contributed by atoms with Crippen molar-refractivity contribution < 1.29 is 8.78 Å². The molecular formula is C20H14F2N4. The molecule has 0 fully saturated rings. The van der Waals surface area contributed by atoms with E-state index < -0.39 is 11.6 Å². The van der Waals surface area contributed by atoms with Crippen LogP contribution in [0.5, 0.6) is 0 Å². The largest absolute Gasteiger partial charge is 0.340 e. The molecule has 0 radical (unpaired) electrons. The number of nitrogens with one attached hydrogen (secondary N) is 1. The van der Waals surface area contributed by atoms with Gasteiger partial charge >= 0.3 is 0 Å². The zero-order valence-corrected chi connectivity index (χ0v) is 13.9. The fraction of sp³-hybridized carbons (Fsp3) is 0.0500. The lowest BCUT2D eigenvalue weighted by atomic mass is 10.1. The molecule has 2 aromatic carbocycles. The Morgan fingerprint density at radius 2 is 1.81 bits per heavy atom. The molecule has 26 heavy (non-hydrogen) atoms. The molecule has 1 N–H and O–H groups in total. The van der Waals surface area contributed by atoms with Gasteiger partial charge in [-0.15, -0.1) is 0 Å². The van der Waals surface area contributed by atoms with Crippen molar-refractivity contribution in [1.29, 1.82) is 0 Å². The molecule has 2 aromatic heterocycles. The Kier molecular flexibility index (Phi) is 4.01. The number of hydrogen-bond acceptors (Lipinski definition) is 4. The Hall–Kier alpha value is -3.41. The zero-order valence-electron chi connectivity index (χ0n) is 13.9. The molecule has 0 aliphatic heterocycles. The van der Waals surface area contributed by atoms with Gasteiger partial charge in [0.15, 0.2) is 17.5 Å². The number of fused-ring (bicyclic) bond motifs is 1. The van der Waals surface area contributed by atoms with Crippen LogP contribution in [0.4, 0.5) is 20.3 Å². The molecule has 4 rings (SSSR count). The summed E-state index contributed by atoms with van der Waals surface area (Å²) in [5.74, 6) is -0.791. The van der Waals surface area contributed by atoms with E-state index in [1.165, 1.54) is 6.07 Å². The minimum atomic E-state index is -0.919. The van der Waals surface area contributed by atoms with Gasteiger partial charge in [0.05, 0.1) is 5.52 Å². The van der Waals surface area contributed by atoms with E-state index >= 15 is 0 Å². The van der Waals surface area contributed by atoms with Crippen LogP contribution in [-0.2, 0) is 0 Å². The van der Waals surface area contributed by atoms with E-state index in [0.717, 1.165) is 34.2 Å². The maximum absolute atomic E-state index is 13.5. The van der Waals surface area contributed by atoms with Gasteiger partial charge in [-0.1, -0.05) is 12.1 Å². The molecule has 0 aliphatic carbocycles. The number of nitrogens with zero attached hydrogens (tertiary/aromatic N) is 3. The molecule has 0 aliphatic rings. The quantitative estimate of drug-likeness (QED) is 0.565. The van der Waals surface area contributed by atoms with E-state index in [1.54, 1.807) is 12.4 Å². The van der Waals surface area contributed by atoms with Crippen LogP contribution in [0.2, 0.25) is 0 Å². The van der Waals surface area contributed by atoms with Crippen LogP contribution in [0.15, 0.2) is 60.9 Å². The molecule has 0 bridgehead atoms. The Bertz CT molecular complexity index is 1100. The minimum absolute atomic E-state index is 0.405. The summed E-state index contributed by atoms with van der Waals surface area (Å²) in [6, 6.07) is 13.1. The first-order valence-electron chi connectivity index (χ1n) is 8.01. The molecule has 128 valence electrons. The van der Waals surface area contributed by atoms with Gasteiger partial charge in [0.1, 0.15) is 5.82 Å². The lowest BCUT2D eigenvalue weighted by Gasteiger charge is -2.12. The highest BCUT2D eigenvalue weighted by molar-refractivity contribution is 5.94. The number of rotatable bonds is 3. The predicted octanol–water partition coefficient (Wildman–Crippen LogP) is 5.02. The summed E-state index contributed by atoms with van der Waals surface area (Å²) in [4.78, 5) is 13.3. The first kappa shape index (κ1) is 16.1. The van der Waals surface area contributed by atoms with E-state index in [2.05, 4.69) is 20.3 Å². The summed E-state index contributed by atoms with van der Waals surface area (Å²) in [7, 11) is 0. The second-order valence-electron chi connectivity index (χ2n) is 5.86. The molecule has 0 amide bonds. The second kappa shape index (κ2) is 6.48. The van der Waals surface area contributed by atoms with Crippen molar-refractivity contribution in [3.05, 3.63) is 78.1 Å². The smallest absolute Gasteiger partial charge is 0.163 e. The number of aryl methyl sites for hydroxylation is 1. The fourth-order valence-corrected chi connectivity index (χ4v) is 2.73. The zero-order chi connectivity index (χ0) is 18.1. The van der Waals surface area contributed by atoms with Crippen molar-refractivity contribution in [2.45, 2.75) is 6.92 Å². The lowest BCUT2D eigenvalue weighted by Crippen LogP contribution is -2.01. The first-order chi connectivity index (χ1) is 12.6. The van der Waals surface area contributed by atoms with Crippen LogP contribution in [0.1, 0.15) is 5.56 Å². The number of pyridine rings is 1. The van der Waals surface area contributed by atoms with Crippen molar-refractivity contribution >= 4 is 22.4 Å². The number of aromatic nitrogens is 3. The number of anilines is 2. The topological polar surface area (TPSA) is 50.7 Å². The van der Waals surface area contributed by atoms with Crippen molar-refractivity contribution in [3.8, 4) is 11.4 Å². The maximum Gasteiger partial charge on any atom is 0.163 e. The Morgan fingerprint density at radius 1 is 0.923 bits per heavy atom. The van der Waals surface area contributed by atoms with E-state index in [9.17, 15) is 8.78 Å². The van der Waals surface area contributed by atoms with Gasteiger partial charge < -0.3 is 5.32 Å². The monoisotopic (exact) mass is 348 g/mol. The molecule has 0 saturated carbocycles. The summed E-state index contributed by atoms with van der Waals surface area (Å²) in [5.41, 5.74) is 2.95. The highest BCUT2D eigenvalue weighted by atomic mass is 19.2. The van der Waals surface area contributed by atoms with Crippen molar-refractivity contribution in [2.24, 2.45) is 0 Å². The average Bonchev–Trinajstić information content (AvgIpc) is 2.66. The summed E-state index contributed by atoms with van der Waals surface area (Å²) >= 11 is 0. The van der Waals surface area contributed by atoms with Crippen molar-refractivity contribution in [1.82, 2.24) is 15.0 Å². The summed E-state index contributed by atoms with van der Waals surface area (Å²) in [5, 5.41) is 3.87. The van der Waals surface area contributed by atoms with Crippen LogP contribution in [0.25, 0.3) is 22.3 Å². The molecular weight excluding hydrogens is 334 g/mol. The van der Waals surface area contributed by atoms with E-state index in [0.29, 0.717) is 17.3 Å². The average molecular weight is 348 g/mol. The molecule has 4 aromatic rings. The number of hydrogen-bond donors (Lipinski definition) is 1. The molecule has 0 saturated heterocycles. The molecule has 4 nitrogen and oxygen atoms in total. The van der Waals surface area contributed by atoms with Gasteiger partial charge in [-0.3, -0.25) is 4.98 Å². The number of benzene rings is 2. The molecule has 2 heterocycles. The van der Waals surface area contributed by atoms with E-state index in [4.69, 9.17) is 0 Å². The minimum Gasteiger partial charge on any atom is -0.340 e. The highest BCUT2D eigenvalue weighted by Crippen LogP contribution is 2.29. The third kappa shape index (κ3) is 2.97. The SMILES string of the molecule is Cc1cccc2c(Nc3ccc(F)c(F)c3)nc(-c3cccnc3)nc12. The normalized spacial score (nSPS) is 10.9. The summed E-state index contributed by atoms with van der Waals surface area (Å²) < 4.78 is 26.7. The predicted molar refractivity (Wildman–Crippen MR) is 97.1 cm³/mol. The Balaban J connectivity index is 1.89. The maximum atomic E-state index is 13.5. The number of halogens is 2.